The minimum absolute atomic E-state index is 0.178. The number of carboxylic acids is 1. The first-order valence-corrected chi connectivity index (χ1v) is 4.53. The first kappa shape index (κ1) is 10.6. The molecule has 14 heavy (non-hydrogen) atoms. The molecule has 0 radical (unpaired) electrons. The van der Waals surface area contributed by atoms with Crippen LogP contribution in [0, 0.1) is 0 Å². The summed E-state index contributed by atoms with van der Waals surface area (Å²) in [6, 6.07) is 0. The third kappa shape index (κ3) is 1.71. The van der Waals surface area contributed by atoms with Crippen molar-refractivity contribution in [3.8, 4) is 5.88 Å². The summed E-state index contributed by atoms with van der Waals surface area (Å²) in [7, 11) is 1.68. The number of hydrogen-bond donors (Lipinski definition) is 1. The Morgan fingerprint density at radius 2 is 2.21 bits per heavy atom. The van der Waals surface area contributed by atoms with Gasteiger partial charge in [-0.3, -0.25) is 0 Å². The zero-order chi connectivity index (χ0) is 10.7. The molecule has 0 amide bonds. The summed E-state index contributed by atoms with van der Waals surface area (Å²) in [5.74, 6) is -0.657. The van der Waals surface area contributed by atoms with Crippen LogP contribution in [0.1, 0.15) is 29.9 Å². The molecule has 0 bridgehead atoms. The fourth-order valence-electron chi connectivity index (χ4n) is 1.33. The lowest BCUT2D eigenvalue weighted by Gasteiger charge is -2.03. The highest BCUT2D eigenvalue weighted by molar-refractivity contribution is 5.91. The van der Waals surface area contributed by atoms with Crippen molar-refractivity contribution in [2.24, 2.45) is 7.05 Å². The van der Waals surface area contributed by atoms with Crippen LogP contribution in [0.25, 0.3) is 0 Å². The van der Waals surface area contributed by atoms with Crippen LogP contribution in [0.2, 0.25) is 0 Å². The summed E-state index contributed by atoms with van der Waals surface area (Å²) < 4.78 is 6.70. The predicted molar refractivity (Wildman–Crippen MR) is 50.7 cm³/mol. The maximum Gasteiger partial charge on any atom is 0.343 e. The molecular formula is C9H14N2O3. The summed E-state index contributed by atoms with van der Waals surface area (Å²) in [5, 5.41) is 13.1. The van der Waals surface area contributed by atoms with E-state index in [1.165, 1.54) is 4.68 Å². The molecule has 0 aliphatic rings. The van der Waals surface area contributed by atoms with Crippen molar-refractivity contribution >= 4 is 5.97 Å². The first-order chi connectivity index (χ1) is 6.61. The average Bonchev–Trinajstić information content (AvgIpc) is 2.44. The van der Waals surface area contributed by atoms with Crippen molar-refractivity contribution in [2.45, 2.75) is 20.3 Å². The fourth-order valence-corrected chi connectivity index (χ4v) is 1.33. The minimum Gasteiger partial charge on any atom is -0.478 e. The van der Waals surface area contributed by atoms with Crippen LogP contribution >= 0.6 is 0 Å². The summed E-state index contributed by atoms with van der Waals surface area (Å²) in [5.41, 5.74) is 0.736. The second-order valence-electron chi connectivity index (χ2n) is 2.84. The predicted octanol–water partition coefficient (Wildman–Crippen LogP) is 1.08. The van der Waals surface area contributed by atoms with Gasteiger partial charge in [-0.25, -0.2) is 9.48 Å². The van der Waals surface area contributed by atoms with Gasteiger partial charge in [0.25, 0.3) is 0 Å². The normalized spacial score (nSPS) is 10.2. The van der Waals surface area contributed by atoms with Gasteiger partial charge in [-0.2, -0.15) is 5.10 Å². The van der Waals surface area contributed by atoms with Crippen molar-refractivity contribution < 1.29 is 14.6 Å². The highest BCUT2D eigenvalue weighted by Gasteiger charge is 2.21. The Hall–Kier alpha value is -1.52. The third-order valence-electron chi connectivity index (χ3n) is 1.90. The Morgan fingerprint density at radius 1 is 1.57 bits per heavy atom. The van der Waals surface area contributed by atoms with Crippen LogP contribution in [0.5, 0.6) is 5.88 Å². The maximum atomic E-state index is 11.0. The van der Waals surface area contributed by atoms with E-state index in [0.717, 1.165) is 0 Å². The highest BCUT2D eigenvalue weighted by Crippen LogP contribution is 2.22. The molecular weight excluding hydrogens is 184 g/mol. The van der Waals surface area contributed by atoms with Gasteiger partial charge in [0.15, 0.2) is 0 Å². The first-order valence-electron chi connectivity index (χ1n) is 4.53. The molecule has 0 saturated heterocycles. The Bertz CT molecular complexity index is 344. The van der Waals surface area contributed by atoms with Gasteiger partial charge in [0, 0.05) is 7.05 Å². The molecule has 0 atom stereocenters. The van der Waals surface area contributed by atoms with Crippen LogP contribution in [-0.2, 0) is 13.5 Å². The molecule has 0 aromatic carbocycles. The molecule has 78 valence electrons. The van der Waals surface area contributed by atoms with E-state index in [2.05, 4.69) is 5.10 Å². The number of carboxylic acid groups (broad SMARTS) is 1. The number of aryl methyl sites for hydroxylation is 2. The fraction of sp³-hybridized carbons (Fsp3) is 0.556. The molecule has 0 aliphatic carbocycles. The summed E-state index contributed by atoms with van der Waals surface area (Å²) in [6.45, 7) is 4.11. The smallest absolute Gasteiger partial charge is 0.343 e. The van der Waals surface area contributed by atoms with E-state index in [1.807, 2.05) is 13.8 Å². The van der Waals surface area contributed by atoms with Gasteiger partial charge in [-0.1, -0.05) is 6.92 Å². The summed E-state index contributed by atoms with van der Waals surface area (Å²) in [4.78, 5) is 11.0. The van der Waals surface area contributed by atoms with Gasteiger partial charge in [-0.15, -0.1) is 0 Å². The van der Waals surface area contributed by atoms with Gasteiger partial charge >= 0.3 is 5.97 Å². The standard InChI is InChI=1S/C9H14N2O3/c1-4-6-7(9(12)13)8(14-5-2)11(3)10-6/h4-5H2,1-3H3,(H,12,13). The lowest BCUT2D eigenvalue weighted by atomic mass is 10.2. The van der Waals surface area contributed by atoms with Crippen molar-refractivity contribution in [3.05, 3.63) is 11.3 Å². The number of rotatable bonds is 4. The molecule has 0 saturated carbocycles. The van der Waals surface area contributed by atoms with Gasteiger partial charge in [0.05, 0.1) is 12.3 Å². The minimum atomic E-state index is -0.988. The maximum absolute atomic E-state index is 11.0. The Kier molecular flexibility index (Phi) is 3.11. The number of aromatic nitrogens is 2. The molecule has 5 heteroatoms. The highest BCUT2D eigenvalue weighted by atomic mass is 16.5. The largest absolute Gasteiger partial charge is 0.478 e. The Balaban J connectivity index is 3.23. The van der Waals surface area contributed by atoms with Crippen LogP contribution in [0.4, 0.5) is 0 Å². The van der Waals surface area contributed by atoms with E-state index in [4.69, 9.17) is 9.84 Å². The van der Waals surface area contributed by atoms with Gasteiger partial charge in [-0.05, 0) is 13.3 Å². The molecule has 1 N–H and O–H groups in total. The van der Waals surface area contributed by atoms with Gasteiger partial charge < -0.3 is 9.84 Å². The van der Waals surface area contributed by atoms with E-state index in [-0.39, 0.29) is 5.56 Å². The number of ether oxygens (including phenoxy) is 1. The van der Waals surface area contributed by atoms with Crippen LogP contribution in [-0.4, -0.2) is 27.5 Å². The number of carbonyl (C=O) groups is 1. The van der Waals surface area contributed by atoms with Crippen molar-refractivity contribution in [1.29, 1.82) is 0 Å². The molecule has 1 aromatic rings. The van der Waals surface area contributed by atoms with E-state index >= 15 is 0 Å². The molecule has 1 rings (SSSR count). The van der Waals surface area contributed by atoms with Crippen LogP contribution in [0.3, 0.4) is 0 Å². The number of hydrogen-bond acceptors (Lipinski definition) is 3. The molecule has 0 spiro atoms. The lowest BCUT2D eigenvalue weighted by Crippen LogP contribution is -2.05. The van der Waals surface area contributed by atoms with Crippen LogP contribution < -0.4 is 4.74 Å². The number of nitrogens with zero attached hydrogens (tertiary/aromatic N) is 2. The van der Waals surface area contributed by atoms with Crippen molar-refractivity contribution in [1.82, 2.24) is 9.78 Å². The molecule has 0 unspecified atom stereocenters. The average molecular weight is 198 g/mol. The second kappa shape index (κ2) is 4.13. The zero-order valence-corrected chi connectivity index (χ0v) is 8.57. The second-order valence-corrected chi connectivity index (χ2v) is 2.84. The van der Waals surface area contributed by atoms with Gasteiger partial charge in [0.2, 0.25) is 5.88 Å². The quantitative estimate of drug-likeness (QED) is 0.786. The molecule has 1 aromatic heterocycles. The van der Waals surface area contributed by atoms with Crippen molar-refractivity contribution in [2.75, 3.05) is 6.61 Å². The molecule has 0 fully saturated rings. The van der Waals surface area contributed by atoms with Gasteiger partial charge in [0.1, 0.15) is 5.56 Å². The monoisotopic (exact) mass is 198 g/mol. The Labute approximate surface area is 82.3 Å². The third-order valence-corrected chi connectivity index (χ3v) is 1.90. The van der Waals surface area contributed by atoms with Crippen LogP contribution in [0.15, 0.2) is 0 Å². The van der Waals surface area contributed by atoms with E-state index in [1.54, 1.807) is 7.05 Å². The Morgan fingerprint density at radius 3 is 2.64 bits per heavy atom. The molecule has 0 aliphatic heterocycles. The van der Waals surface area contributed by atoms with Crippen molar-refractivity contribution in [3.63, 3.8) is 0 Å². The van der Waals surface area contributed by atoms with E-state index in [9.17, 15) is 4.79 Å². The lowest BCUT2D eigenvalue weighted by molar-refractivity contribution is 0.0691. The SMILES string of the molecule is CCOc1c(C(=O)O)c(CC)nn1C. The zero-order valence-electron chi connectivity index (χ0n) is 8.57. The summed E-state index contributed by atoms with van der Waals surface area (Å²) in [6.07, 6.45) is 0.586. The van der Waals surface area contributed by atoms with E-state index < -0.39 is 5.97 Å². The topological polar surface area (TPSA) is 64.3 Å². The van der Waals surface area contributed by atoms with E-state index in [0.29, 0.717) is 24.6 Å². The number of aromatic carboxylic acids is 1. The molecule has 5 nitrogen and oxygen atoms in total. The summed E-state index contributed by atoms with van der Waals surface area (Å²) >= 11 is 0. The molecule has 1 heterocycles.